The van der Waals surface area contributed by atoms with Gasteiger partial charge in [0.1, 0.15) is 0 Å². The van der Waals surface area contributed by atoms with E-state index in [1.165, 1.54) is 10.8 Å². The summed E-state index contributed by atoms with van der Waals surface area (Å²) in [6.07, 6.45) is 0. The molecular weight excluding hydrogens is 224 g/mol. The molecular formula is C2AgN2S2-2. The van der Waals surface area contributed by atoms with E-state index in [0.717, 1.165) is 0 Å². The summed E-state index contributed by atoms with van der Waals surface area (Å²) < 4.78 is 0. The van der Waals surface area contributed by atoms with E-state index in [0.29, 0.717) is 0 Å². The minimum Gasteiger partial charge on any atom is -0.696 e. The van der Waals surface area contributed by atoms with Gasteiger partial charge in [0.05, 0.1) is 0 Å². The monoisotopic (exact) mass is 223 g/mol. The first-order valence-corrected chi connectivity index (χ1v) is 1.67. The fourth-order valence-corrected chi connectivity index (χ4v) is 0. The summed E-state index contributed by atoms with van der Waals surface area (Å²) in [4.78, 5) is 0. The van der Waals surface area contributed by atoms with E-state index in [1.54, 1.807) is 0 Å². The van der Waals surface area contributed by atoms with Crippen molar-refractivity contribution in [3.8, 4) is 10.8 Å². The van der Waals surface area contributed by atoms with Gasteiger partial charge in [0, 0.05) is 22.4 Å². The van der Waals surface area contributed by atoms with Crippen LogP contribution in [0.3, 0.4) is 0 Å². The molecule has 0 aliphatic rings. The van der Waals surface area contributed by atoms with Gasteiger partial charge in [-0.2, -0.15) is 0 Å². The SMILES string of the molecule is N#C[S-].N#C[S-].[Ag]. The number of rotatable bonds is 0. The Labute approximate surface area is 68.8 Å². The molecule has 0 N–H and O–H groups in total. The van der Waals surface area contributed by atoms with Crippen LogP contribution in [0.15, 0.2) is 0 Å². The van der Waals surface area contributed by atoms with Crippen molar-refractivity contribution in [3.05, 3.63) is 0 Å². The van der Waals surface area contributed by atoms with E-state index >= 15 is 0 Å². The largest absolute Gasteiger partial charge is 0.696 e. The summed E-state index contributed by atoms with van der Waals surface area (Å²) in [6.45, 7) is 0. The molecule has 0 aromatic rings. The Morgan fingerprint density at radius 2 is 1.00 bits per heavy atom. The molecule has 0 aromatic carbocycles. The molecule has 0 amide bonds. The zero-order valence-corrected chi connectivity index (χ0v) is 6.13. The molecule has 0 atom stereocenters. The Kier molecular flexibility index (Phi) is 78.8. The van der Waals surface area contributed by atoms with Gasteiger partial charge >= 0.3 is 0 Å². The van der Waals surface area contributed by atoms with Crippen molar-refractivity contribution in [1.29, 1.82) is 10.5 Å². The average molecular weight is 224 g/mol. The maximum atomic E-state index is 7.13. The van der Waals surface area contributed by atoms with E-state index in [4.69, 9.17) is 10.5 Å². The van der Waals surface area contributed by atoms with Gasteiger partial charge in [-0.1, -0.05) is 10.8 Å². The van der Waals surface area contributed by atoms with Gasteiger partial charge in [-0.15, -0.1) is 0 Å². The summed E-state index contributed by atoms with van der Waals surface area (Å²) >= 11 is 7.40. The molecule has 0 fully saturated rings. The quantitative estimate of drug-likeness (QED) is 0.331. The molecule has 0 unspecified atom stereocenters. The zero-order valence-electron chi connectivity index (χ0n) is 3.01. The molecule has 0 aliphatic heterocycles. The van der Waals surface area contributed by atoms with Crippen LogP contribution in [0.2, 0.25) is 0 Å². The van der Waals surface area contributed by atoms with E-state index in [-0.39, 0.29) is 22.4 Å². The molecule has 0 aromatic heterocycles. The summed E-state index contributed by atoms with van der Waals surface area (Å²) in [6, 6.07) is 0. The molecule has 0 saturated carbocycles. The van der Waals surface area contributed by atoms with Gasteiger partial charge in [0.2, 0.25) is 0 Å². The summed E-state index contributed by atoms with van der Waals surface area (Å²) in [5, 5.41) is 16.9. The molecule has 0 saturated heterocycles. The van der Waals surface area contributed by atoms with Crippen LogP contribution in [0.1, 0.15) is 0 Å². The van der Waals surface area contributed by atoms with Crippen LogP contribution in [-0.4, -0.2) is 0 Å². The zero-order chi connectivity index (χ0) is 5.41. The number of thiocyanates is 2. The fraction of sp³-hybridized carbons (Fsp3) is 0. The molecule has 0 rings (SSSR count). The predicted octanol–water partition coefficient (Wildman–Crippen LogP) is 0.0263. The maximum absolute atomic E-state index is 7.13. The van der Waals surface area contributed by atoms with Gasteiger partial charge in [0.15, 0.2) is 0 Å². The molecule has 5 heteroatoms. The van der Waals surface area contributed by atoms with E-state index in [9.17, 15) is 0 Å². The van der Waals surface area contributed by atoms with Crippen molar-refractivity contribution in [2.24, 2.45) is 0 Å². The first kappa shape index (κ1) is 15.7. The average Bonchev–Trinajstić information content (AvgIpc) is 1.39. The van der Waals surface area contributed by atoms with Crippen LogP contribution in [0, 0.1) is 21.3 Å². The van der Waals surface area contributed by atoms with Crippen molar-refractivity contribution >= 4 is 25.3 Å². The van der Waals surface area contributed by atoms with Gasteiger partial charge in [-0.05, 0) is 0 Å². The topological polar surface area (TPSA) is 47.6 Å². The van der Waals surface area contributed by atoms with Crippen molar-refractivity contribution < 1.29 is 22.4 Å². The van der Waals surface area contributed by atoms with Crippen LogP contribution in [0.4, 0.5) is 0 Å². The van der Waals surface area contributed by atoms with Gasteiger partial charge in [-0.25, -0.2) is 10.5 Å². The minimum absolute atomic E-state index is 0. The maximum Gasteiger partial charge on any atom is 0 e. The van der Waals surface area contributed by atoms with Crippen molar-refractivity contribution in [2.75, 3.05) is 0 Å². The molecule has 1 radical (unpaired) electrons. The Morgan fingerprint density at radius 3 is 1.00 bits per heavy atom. The number of nitriles is 2. The summed E-state index contributed by atoms with van der Waals surface area (Å²) in [5.41, 5.74) is 0. The van der Waals surface area contributed by atoms with Crippen LogP contribution in [0.5, 0.6) is 0 Å². The number of hydrogen-bond acceptors (Lipinski definition) is 4. The first-order chi connectivity index (χ1) is 2.83. The summed E-state index contributed by atoms with van der Waals surface area (Å²) in [7, 11) is 0. The summed E-state index contributed by atoms with van der Waals surface area (Å²) in [5.74, 6) is 0. The van der Waals surface area contributed by atoms with Crippen molar-refractivity contribution in [3.63, 3.8) is 0 Å². The second kappa shape index (κ2) is 35.2. The molecule has 0 bridgehead atoms. The first-order valence-electron chi connectivity index (χ1n) is 0.855. The van der Waals surface area contributed by atoms with Crippen molar-refractivity contribution in [1.82, 2.24) is 0 Å². The molecule has 0 heterocycles. The Morgan fingerprint density at radius 1 is 1.00 bits per heavy atom. The molecule has 0 aliphatic carbocycles. The van der Waals surface area contributed by atoms with Crippen molar-refractivity contribution in [2.45, 2.75) is 0 Å². The second-order valence-electron chi connectivity index (χ2n) is 0.183. The third-order valence-corrected chi connectivity index (χ3v) is 0. The van der Waals surface area contributed by atoms with Gasteiger partial charge < -0.3 is 25.3 Å². The number of hydrogen-bond donors (Lipinski definition) is 0. The number of nitrogens with zero attached hydrogens (tertiary/aromatic N) is 2. The molecule has 2 nitrogen and oxygen atoms in total. The van der Waals surface area contributed by atoms with Crippen LogP contribution >= 0.6 is 0 Å². The van der Waals surface area contributed by atoms with Crippen LogP contribution in [-0.2, 0) is 47.6 Å². The Balaban J connectivity index is -0.0000000400. The Bertz CT molecular complexity index is 68.7. The van der Waals surface area contributed by atoms with E-state index in [1.807, 2.05) is 0 Å². The van der Waals surface area contributed by atoms with Gasteiger partial charge in [-0.3, -0.25) is 0 Å². The molecule has 43 valence electrons. The smallest absolute Gasteiger partial charge is 0 e. The predicted molar refractivity (Wildman–Crippen MR) is 26.0 cm³/mol. The van der Waals surface area contributed by atoms with Crippen LogP contribution < -0.4 is 0 Å². The van der Waals surface area contributed by atoms with Gasteiger partial charge in [0.25, 0.3) is 0 Å². The van der Waals surface area contributed by atoms with E-state index in [2.05, 4.69) is 25.3 Å². The third kappa shape index (κ3) is 4150. The Hall–Kier alpha value is 0.160. The second-order valence-corrected chi connectivity index (χ2v) is 0.548. The van der Waals surface area contributed by atoms with E-state index < -0.39 is 0 Å². The van der Waals surface area contributed by atoms with Crippen LogP contribution in [0.25, 0.3) is 0 Å². The standard InChI is InChI=1S/2CHNS.Ag/c2*2-1-3;/h2*3H;/p-2. The third-order valence-electron chi connectivity index (χ3n) is 0. The fourth-order valence-electron chi connectivity index (χ4n) is 0. The minimum atomic E-state index is 0. The molecule has 7 heavy (non-hydrogen) atoms. The molecule has 0 spiro atoms. The normalized spacial score (nSPS) is 2.00.